The van der Waals surface area contributed by atoms with Gasteiger partial charge in [0.2, 0.25) is 0 Å². The summed E-state index contributed by atoms with van der Waals surface area (Å²) >= 11 is 0. The maximum Gasteiger partial charge on any atom is 0.192 e. The Morgan fingerprint density at radius 3 is 3.00 bits per heavy atom. The lowest BCUT2D eigenvalue weighted by atomic mass is 9.97. The zero-order valence-corrected chi connectivity index (χ0v) is 10.1. The van der Waals surface area contributed by atoms with Crippen molar-refractivity contribution in [3.05, 3.63) is 42.1 Å². The van der Waals surface area contributed by atoms with Gasteiger partial charge in [-0.1, -0.05) is 18.2 Å². The smallest absolute Gasteiger partial charge is 0.192 e. The van der Waals surface area contributed by atoms with Crippen molar-refractivity contribution in [1.29, 1.82) is 0 Å². The highest BCUT2D eigenvalue weighted by molar-refractivity contribution is 6.09. The molecule has 1 unspecified atom stereocenters. The van der Waals surface area contributed by atoms with Crippen molar-refractivity contribution in [2.45, 2.75) is 25.4 Å². The van der Waals surface area contributed by atoms with Gasteiger partial charge in [-0.2, -0.15) is 0 Å². The number of ketones is 1. The number of nitrogens with zero attached hydrogens (tertiary/aromatic N) is 1. The van der Waals surface area contributed by atoms with Crippen LogP contribution in [0.4, 0.5) is 0 Å². The van der Waals surface area contributed by atoms with E-state index in [2.05, 4.69) is 4.98 Å². The molecule has 0 amide bonds. The fraction of sp³-hybridized carbons (Fsp3) is 0.333. The van der Waals surface area contributed by atoms with Gasteiger partial charge in [-0.3, -0.25) is 9.78 Å². The minimum Gasteiger partial charge on any atom is -0.370 e. The summed E-state index contributed by atoms with van der Waals surface area (Å²) in [5, 5.41) is 0.916. The Balaban J connectivity index is 2.00. The number of aromatic nitrogens is 1. The zero-order valence-electron chi connectivity index (χ0n) is 10.1. The van der Waals surface area contributed by atoms with Crippen LogP contribution >= 0.6 is 0 Å². The van der Waals surface area contributed by atoms with Gasteiger partial charge in [-0.05, 0) is 31.4 Å². The van der Waals surface area contributed by atoms with Gasteiger partial charge in [0.15, 0.2) is 5.78 Å². The summed E-state index contributed by atoms with van der Waals surface area (Å²) < 4.78 is 5.57. The molecule has 3 nitrogen and oxygen atoms in total. The van der Waals surface area contributed by atoms with E-state index < -0.39 is 0 Å². The number of pyridine rings is 1. The highest BCUT2D eigenvalue weighted by atomic mass is 16.5. The van der Waals surface area contributed by atoms with E-state index in [1.165, 1.54) is 0 Å². The molecule has 1 atom stereocenters. The van der Waals surface area contributed by atoms with Crippen LogP contribution in [0.1, 0.15) is 29.6 Å². The first-order valence-corrected chi connectivity index (χ1v) is 6.36. The highest BCUT2D eigenvalue weighted by Gasteiger charge is 2.24. The second-order valence-corrected chi connectivity index (χ2v) is 4.60. The molecule has 0 spiro atoms. The van der Waals surface area contributed by atoms with Gasteiger partial charge in [-0.25, -0.2) is 0 Å². The quantitative estimate of drug-likeness (QED) is 0.759. The minimum absolute atomic E-state index is 0.0910. The lowest BCUT2D eigenvalue weighted by Gasteiger charge is -2.21. The number of Topliss-reactive ketones (excluding diaryl/α,β-unsaturated/α-hetero) is 1. The largest absolute Gasteiger partial charge is 0.370 e. The molecule has 0 saturated carbocycles. The molecule has 1 aromatic carbocycles. The number of hydrogen-bond donors (Lipinski definition) is 0. The Labute approximate surface area is 106 Å². The molecule has 3 rings (SSSR count). The zero-order chi connectivity index (χ0) is 12.4. The number of benzene rings is 1. The lowest BCUT2D eigenvalue weighted by molar-refractivity contribution is 0.0188. The molecular formula is C15H15NO2. The van der Waals surface area contributed by atoms with E-state index in [0.29, 0.717) is 6.61 Å². The van der Waals surface area contributed by atoms with Crippen LogP contribution in [-0.4, -0.2) is 23.5 Å². The molecule has 2 heterocycles. The predicted octanol–water partition coefficient (Wildman–Crippen LogP) is 2.99. The fourth-order valence-electron chi connectivity index (χ4n) is 2.44. The Morgan fingerprint density at radius 2 is 2.17 bits per heavy atom. The van der Waals surface area contributed by atoms with Crippen molar-refractivity contribution in [3.8, 4) is 0 Å². The van der Waals surface area contributed by atoms with Crippen molar-refractivity contribution < 1.29 is 9.53 Å². The van der Waals surface area contributed by atoms with Gasteiger partial charge >= 0.3 is 0 Å². The second-order valence-electron chi connectivity index (χ2n) is 4.60. The van der Waals surface area contributed by atoms with E-state index in [4.69, 9.17) is 4.74 Å². The SMILES string of the molecule is O=C(c1cccc2ncccc12)C1CCCCO1. The summed E-state index contributed by atoms with van der Waals surface area (Å²) in [6, 6.07) is 9.47. The molecule has 92 valence electrons. The van der Waals surface area contributed by atoms with Gasteiger partial charge in [0.25, 0.3) is 0 Å². The van der Waals surface area contributed by atoms with E-state index in [-0.39, 0.29) is 11.9 Å². The van der Waals surface area contributed by atoms with Gasteiger partial charge in [0, 0.05) is 23.8 Å². The number of carbonyl (C=O) groups is 1. The summed E-state index contributed by atoms with van der Waals surface area (Å²) in [6.07, 6.45) is 4.42. The van der Waals surface area contributed by atoms with Crippen molar-refractivity contribution >= 4 is 16.7 Å². The van der Waals surface area contributed by atoms with Crippen LogP contribution in [0.3, 0.4) is 0 Å². The Hall–Kier alpha value is -1.74. The van der Waals surface area contributed by atoms with E-state index in [1.807, 2.05) is 30.3 Å². The maximum absolute atomic E-state index is 12.5. The van der Waals surface area contributed by atoms with Crippen LogP contribution in [0.15, 0.2) is 36.5 Å². The first-order valence-electron chi connectivity index (χ1n) is 6.36. The molecule has 0 bridgehead atoms. The average molecular weight is 241 g/mol. The van der Waals surface area contributed by atoms with Crippen molar-refractivity contribution in [3.63, 3.8) is 0 Å². The lowest BCUT2D eigenvalue weighted by Crippen LogP contribution is -2.28. The summed E-state index contributed by atoms with van der Waals surface area (Å²) in [4.78, 5) is 16.7. The summed E-state index contributed by atoms with van der Waals surface area (Å²) in [7, 11) is 0. The third-order valence-corrected chi connectivity index (χ3v) is 3.38. The molecule has 0 aliphatic carbocycles. The average Bonchev–Trinajstić information content (AvgIpc) is 2.47. The first kappa shape index (κ1) is 11.4. The van der Waals surface area contributed by atoms with E-state index >= 15 is 0 Å². The van der Waals surface area contributed by atoms with Crippen molar-refractivity contribution in [2.75, 3.05) is 6.61 Å². The predicted molar refractivity (Wildman–Crippen MR) is 69.7 cm³/mol. The molecule has 18 heavy (non-hydrogen) atoms. The molecule has 1 aliphatic rings. The van der Waals surface area contributed by atoms with E-state index in [9.17, 15) is 4.79 Å². The third-order valence-electron chi connectivity index (χ3n) is 3.38. The van der Waals surface area contributed by atoms with E-state index in [0.717, 1.165) is 35.7 Å². The molecule has 0 N–H and O–H groups in total. The monoisotopic (exact) mass is 241 g/mol. The number of hydrogen-bond acceptors (Lipinski definition) is 3. The van der Waals surface area contributed by atoms with Gasteiger partial charge < -0.3 is 4.74 Å². The Kier molecular flexibility index (Phi) is 3.07. The minimum atomic E-state index is -0.274. The van der Waals surface area contributed by atoms with Gasteiger partial charge in [0.1, 0.15) is 6.10 Å². The summed E-state index contributed by atoms with van der Waals surface area (Å²) in [5.74, 6) is 0.0910. The topological polar surface area (TPSA) is 39.2 Å². The standard InChI is InChI=1S/C15H15NO2/c17-15(14-8-1-2-10-18-14)12-5-3-7-13-11(12)6-4-9-16-13/h3-7,9,14H,1-2,8,10H2. The molecule has 1 aliphatic heterocycles. The van der Waals surface area contributed by atoms with Crippen molar-refractivity contribution in [2.24, 2.45) is 0 Å². The number of fused-ring (bicyclic) bond motifs is 1. The molecule has 3 heteroatoms. The van der Waals surface area contributed by atoms with Gasteiger partial charge in [0.05, 0.1) is 5.52 Å². The van der Waals surface area contributed by atoms with Crippen LogP contribution in [-0.2, 0) is 4.74 Å². The van der Waals surface area contributed by atoms with Crippen LogP contribution in [0.2, 0.25) is 0 Å². The molecular weight excluding hydrogens is 226 g/mol. The maximum atomic E-state index is 12.5. The summed E-state index contributed by atoms with van der Waals surface area (Å²) in [6.45, 7) is 0.694. The van der Waals surface area contributed by atoms with Crippen LogP contribution < -0.4 is 0 Å². The van der Waals surface area contributed by atoms with Crippen LogP contribution in [0, 0.1) is 0 Å². The Bertz CT molecular complexity index is 568. The molecule has 1 aromatic heterocycles. The fourth-order valence-corrected chi connectivity index (χ4v) is 2.44. The van der Waals surface area contributed by atoms with E-state index in [1.54, 1.807) is 6.20 Å². The number of ether oxygens (including phenoxy) is 1. The Morgan fingerprint density at radius 1 is 1.22 bits per heavy atom. The molecule has 1 saturated heterocycles. The number of rotatable bonds is 2. The third kappa shape index (κ3) is 2.02. The van der Waals surface area contributed by atoms with Gasteiger partial charge in [-0.15, -0.1) is 0 Å². The van der Waals surface area contributed by atoms with Crippen LogP contribution in [0.25, 0.3) is 10.9 Å². The van der Waals surface area contributed by atoms with Crippen molar-refractivity contribution in [1.82, 2.24) is 4.98 Å². The van der Waals surface area contributed by atoms with Crippen LogP contribution in [0.5, 0.6) is 0 Å². The molecule has 0 radical (unpaired) electrons. The normalized spacial score (nSPS) is 19.9. The number of carbonyl (C=O) groups excluding carboxylic acids is 1. The molecule has 2 aromatic rings. The summed E-state index contributed by atoms with van der Waals surface area (Å²) in [5.41, 5.74) is 1.59. The first-order chi connectivity index (χ1) is 8.86. The molecule has 1 fully saturated rings. The highest BCUT2D eigenvalue weighted by Crippen LogP contribution is 2.22. The second kappa shape index (κ2) is 4.86.